The SMILES string of the molecule is O=C(Nc1ccc(N2CCCCC2)cc1)c1cc(S(=O)(=O)N2CCOCC2)c(Cl)cc1Cl. The van der Waals surface area contributed by atoms with Crippen LogP contribution in [0.5, 0.6) is 0 Å². The van der Waals surface area contributed by atoms with Crippen LogP contribution in [0.3, 0.4) is 0 Å². The third-order valence-corrected chi connectivity index (χ3v) is 8.38. The number of hydrogen-bond donors (Lipinski definition) is 1. The zero-order valence-electron chi connectivity index (χ0n) is 17.5. The lowest BCUT2D eigenvalue weighted by atomic mass is 10.1. The number of nitrogens with one attached hydrogen (secondary N) is 1. The lowest BCUT2D eigenvalue weighted by Gasteiger charge is -2.28. The lowest BCUT2D eigenvalue weighted by Crippen LogP contribution is -2.40. The number of piperidine rings is 1. The molecule has 2 aliphatic rings. The summed E-state index contributed by atoms with van der Waals surface area (Å²) < 4.78 is 32.6. The van der Waals surface area contributed by atoms with Crippen molar-refractivity contribution in [3.63, 3.8) is 0 Å². The highest BCUT2D eigenvalue weighted by atomic mass is 35.5. The van der Waals surface area contributed by atoms with Crippen molar-refractivity contribution in [1.29, 1.82) is 0 Å². The van der Waals surface area contributed by atoms with E-state index in [-0.39, 0.29) is 33.6 Å². The van der Waals surface area contributed by atoms with Crippen molar-refractivity contribution in [3.05, 3.63) is 52.0 Å². The largest absolute Gasteiger partial charge is 0.379 e. The van der Waals surface area contributed by atoms with Gasteiger partial charge >= 0.3 is 0 Å². The molecule has 10 heteroatoms. The molecular formula is C22H25Cl2N3O4S. The van der Waals surface area contributed by atoms with Gasteiger partial charge in [-0.25, -0.2) is 8.42 Å². The number of sulfonamides is 1. The van der Waals surface area contributed by atoms with Crippen molar-refractivity contribution in [1.82, 2.24) is 4.31 Å². The molecule has 4 rings (SSSR count). The molecular weight excluding hydrogens is 473 g/mol. The Morgan fingerprint density at radius 3 is 2.22 bits per heavy atom. The second-order valence-corrected chi connectivity index (χ2v) is 10.5. The summed E-state index contributed by atoms with van der Waals surface area (Å²) in [6.07, 6.45) is 3.63. The van der Waals surface area contributed by atoms with Gasteiger partial charge in [0.05, 0.1) is 28.8 Å². The molecule has 172 valence electrons. The molecule has 32 heavy (non-hydrogen) atoms. The van der Waals surface area contributed by atoms with Crippen LogP contribution in [-0.4, -0.2) is 58.0 Å². The number of carbonyl (C=O) groups excluding carboxylic acids is 1. The van der Waals surface area contributed by atoms with Gasteiger partial charge in [0, 0.05) is 37.6 Å². The Morgan fingerprint density at radius 1 is 0.906 bits per heavy atom. The minimum absolute atomic E-state index is 0.0241. The predicted molar refractivity (Wildman–Crippen MR) is 126 cm³/mol. The second kappa shape index (κ2) is 9.97. The van der Waals surface area contributed by atoms with Gasteiger partial charge in [-0.05, 0) is 55.7 Å². The summed E-state index contributed by atoms with van der Waals surface area (Å²) in [6.45, 7) is 3.15. The summed E-state index contributed by atoms with van der Waals surface area (Å²) in [5.41, 5.74) is 1.76. The Kier molecular flexibility index (Phi) is 7.27. The van der Waals surface area contributed by atoms with Crippen LogP contribution in [-0.2, 0) is 14.8 Å². The second-order valence-electron chi connectivity index (χ2n) is 7.83. The van der Waals surface area contributed by atoms with E-state index in [0.717, 1.165) is 18.8 Å². The number of ether oxygens (including phenoxy) is 1. The van der Waals surface area contributed by atoms with Gasteiger partial charge in [0.1, 0.15) is 4.90 Å². The summed E-state index contributed by atoms with van der Waals surface area (Å²) in [5, 5.41) is 2.85. The molecule has 0 unspecified atom stereocenters. The number of morpholine rings is 1. The van der Waals surface area contributed by atoms with Crippen LogP contribution in [0.15, 0.2) is 41.3 Å². The van der Waals surface area contributed by atoms with E-state index in [9.17, 15) is 13.2 Å². The number of nitrogens with zero attached hydrogens (tertiary/aromatic N) is 2. The van der Waals surface area contributed by atoms with E-state index in [1.54, 1.807) is 0 Å². The fraction of sp³-hybridized carbons (Fsp3) is 0.409. The van der Waals surface area contributed by atoms with Crippen molar-refractivity contribution in [3.8, 4) is 0 Å². The van der Waals surface area contributed by atoms with Crippen molar-refractivity contribution in [2.45, 2.75) is 24.2 Å². The molecule has 2 heterocycles. The number of amides is 1. The van der Waals surface area contributed by atoms with Gasteiger partial charge in [-0.2, -0.15) is 4.31 Å². The third kappa shape index (κ3) is 5.05. The van der Waals surface area contributed by atoms with Crippen molar-refractivity contribution in [2.24, 2.45) is 0 Å². The fourth-order valence-electron chi connectivity index (χ4n) is 3.93. The lowest BCUT2D eigenvalue weighted by molar-refractivity contribution is 0.0730. The molecule has 2 aromatic rings. The van der Waals surface area contributed by atoms with E-state index in [1.807, 2.05) is 24.3 Å². The monoisotopic (exact) mass is 497 g/mol. The van der Waals surface area contributed by atoms with Crippen LogP contribution in [0, 0.1) is 0 Å². The van der Waals surface area contributed by atoms with Crippen LogP contribution in [0.1, 0.15) is 29.6 Å². The summed E-state index contributed by atoms with van der Waals surface area (Å²) >= 11 is 12.4. The maximum Gasteiger partial charge on any atom is 0.257 e. The first-order chi connectivity index (χ1) is 15.4. The predicted octanol–water partition coefficient (Wildman–Crippen LogP) is 4.26. The van der Waals surface area contributed by atoms with Gasteiger partial charge in [-0.3, -0.25) is 4.79 Å². The van der Waals surface area contributed by atoms with Crippen LogP contribution in [0.25, 0.3) is 0 Å². The Hall–Kier alpha value is -1.84. The van der Waals surface area contributed by atoms with E-state index in [2.05, 4.69) is 10.2 Å². The van der Waals surface area contributed by atoms with Crippen molar-refractivity contribution >= 4 is 50.5 Å². The highest BCUT2D eigenvalue weighted by molar-refractivity contribution is 7.89. The molecule has 0 radical (unpaired) electrons. The molecule has 2 fully saturated rings. The van der Waals surface area contributed by atoms with E-state index in [0.29, 0.717) is 18.9 Å². The number of benzene rings is 2. The van der Waals surface area contributed by atoms with Gasteiger partial charge < -0.3 is 15.0 Å². The van der Waals surface area contributed by atoms with Gasteiger partial charge in [0.2, 0.25) is 10.0 Å². The molecule has 1 amide bonds. The number of carbonyl (C=O) groups is 1. The van der Waals surface area contributed by atoms with E-state index >= 15 is 0 Å². The van der Waals surface area contributed by atoms with E-state index in [1.165, 1.54) is 35.7 Å². The molecule has 2 aliphatic heterocycles. The minimum atomic E-state index is -3.88. The average Bonchev–Trinajstić information content (AvgIpc) is 2.80. The van der Waals surface area contributed by atoms with Crippen LogP contribution >= 0.6 is 23.2 Å². The number of rotatable bonds is 5. The van der Waals surface area contributed by atoms with Gasteiger partial charge in [-0.15, -0.1) is 0 Å². The topological polar surface area (TPSA) is 79.0 Å². The Labute approximate surface area is 198 Å². The van der Waals surface area contributed by atoms with Gasteiger partial charge in [0.15, 0.2) is 0 Å². The summed E-state index contributed by atoms with van der Waals surface area (Å²) in [7, 11) is -3.88. The van der Waals surface area contributed by atoms with Crippen LogP contribution in [0.4, 0.5) is 11.4 Å². The van der Waals surface area contributed by atoms with Gasteiger partial charge in [0.25, 0.3) is 5.91 Å². The van der Waals surface area contributed by atoms with Crippen molar-refractivity contribution in [2.75, 3.05) is 49.6 Å². The molecule has 0 bridgehead atoms. The number of hydrogen-bond acceptors (Lipinski definition) is 5. The Balaban J connectivity index is 1.54. The smallest absolute Gasteiger partial charge is 0.257 e. The third-order valence-electron chi connectivity index (χ3n) is 5.70. The molecule has 2 aromatic carbocycles. The molecule has 2 saturated heterocycles. The van der Waals surface area contributed by atoms with Crippen LogP contribution < -0.4 is 10.2 Å². The quantitative estimate of drug-likeness (QED) is 0.667. The first kappa shape index (κ1) is 23.3. The van der Waals surface area contributed by atoms with Crippen molar-refractivity contribution < 1.29 is 17.9 Å². The molecule has 0 saturated carbocycles. The molecule has 0 atom stereocenters. The summed E-state index contributed by atoms with van der Waals surface area (Å²) in [6, 6.07) is 10.1. The summed E-state index contributed by atoms with van der Waals surface area (Å²) in [4.78, 5) is 15.1. The molecule has 1 N–H and O–H groups in total. The first-order valence-corrected chi connectivity index (χ1v) is 12.8. The highest BCUT2D eigenvalue weighted by Gasteiger charge is 2.30. The van der Waals surface area contributed by atoms with E-state index < -0.39 is 15.9 Å². The normalized spacial score (nSPS) is 17.9. The minimum Gasteiger partial charge on any atom is -0.379 e. The standard InChI is InChI=1S/C22H25Cl2N3O4S/c23-19-15-20(24)21(32(29,30)27-10-12-31-13-11-27)14-18(19)22(28)25-16-4-6-17(7-5-16)26-8-2-1-3-9-26/h4-7,14-15H,1-3,8-13H2,(H,25,28). The van der Waals surface area contributed by atoms with Gasteiger partial charge in [-0.1, -0.05) is 23.2 Å². The maximum atomic E-state index is 13.0. The van der Waals surface area contributed by atoms with Crippen LogP contribution in [0.2, 0.25) is 10.0 Å². The zero-order valence-corrected chi connectivity index (χ0v) is 19.8. The highest BCUT2D eigenvalue weighted by Crippen LogP contribution is 2.32. The Morgan fingerprint density at radius 2 is 1.56 bits per heavy atom. The molecule has 0 aromatic heterocycles. The average molecular weight is 498 g/mol. The van der Waals surface area contributed by atoms with E-state index in [4.69, 9.17) is 27.9 Å². The molecule has 7 nitrogen and oxygen atoms in total. The maximum absolute atomic E-state index is 13.0. The fourth-order valence-corrected chi connectivity index (χ4v) is 6.17. The Bertz CT molecular complexity index is 1080. The first-order valence-electron chi connectivity index (χ1n) is 10.6. The number of anilines is 2. The molecule has 0 aliphatic carbocycles. The summed E-state index contributed by atoms with van der Waals surface area (Å²) in [5.74, 6) is -0.504. The number of halogens is 2. The molecule has 0 spiro atoms. The zero-order chi connectivity index (χ0) is 22.7.